The Balaban J connectivity index is 2.37. The molecular formula is C11H13N5O2S. The maximum atomic E-state index is 12.1. The van der Waals surface area contributed by atoms with Crippen LogP contribution in [-0.4, -0.2) is 23.6 Å². The first-order valence-electron chi connectivity index (χ1n) is 5.45. The molecule has 0 aliphatic carbocycles. The molecule has 0 atom stereocenters. The van der Waals surface area contributed by atoms with Crippen molar-refractivity contribution in [2.75, 3.05) is 10.5 Å². The smallest absolute Gasteiger partial charge is 0.266 e. The molecule has 0 aliphatic heterocycles. The van der Waals surface area contributed by atoms with Crippen molar-refractivity contribution < 1.29 is 8.42 Å². The lowest BCUT2D eigenvalue weighted by Crippen LogP contribution is -2.17. The summed E-state index contributed by atoms with van der Waals surface area (Å²) in [7, 11) is -3.81. The lowest BCUT2D eigenvalue weighted by Gasteiger charge is -2.08. The molecule has 0 unspecified atom stereocenters. The van der Waals surface area contributed by atoms with Crippen LogP contribution in [0.3, 0.4) is 0 Å². The molecule has 1 aromatic carbocycles. The van der Waals surface area contributed by atoms with Crippen LogP contribution in [0.1, 0.15) is 11.4 Å². The molecule has 0 aliphatic rings. The highest BCUT2D eigenvalue weighted by Crippen LogP contribution is 2.19. The van der Waals surface area contributed by atoms with Gasteiger partial charge in [-0.25, -0.2) is 18.1 Å². The van der Waals surface area contributed by atoms with Crippen LogP contribution < -0.4 is 10.5 Å². The molecule has 19 heavy (non-hydrogen) atoms. The van der Waals surface area contributed by atoms with Crippen LogP contribution in [0.15, 0.2) is 29.2 Å². The van der Waals surface area contributed by atoms with Crippen molar-refractivity contribution in [1.29, 1.82) is 0 Å². The fourth-order valence-electron chi connectivity index (χ4n) is 1.40. The van der Waals surface area contributed by atoms with Crippen LogP contribution in [0.25, 0.3) is 0 Å². The van der Waals surface area contributed by atoms with E-state index in [1.165, 1.54) is 12.1 Å². The standard InChI is InChI=1S/C11H13N5O2S/c1-7-8(2)14-15-11(13-7)16-19(17,18)10-6-4-3-5-9(10)12/h3-6H,12H2,1-2H3,(H,13,15,16). The van der Waals surface area contributed by atoms with Crippen LogP contribution in [0, 0.1) is 13.8 Å². The summed E-state index contributed by atoms with van der Waals surface area (Å²) in [6.45, 7) is 3.46. The zero-order chi connectivity index (χ0) is 14.0. The Morgan fingerprint density at radius 1 is 1.11 bits per heavy atom. The molecule has 0 radical (unpaired) electrons. The number of hydrogen-bond donors (Lipinski definition) is 2. The van der Waals surface area contributed by atoms with Gasteiger partial charge in [-0.05, 0) is 26.0 Å². The van der Waals surface area contributed by atoms with Gasteiger partial charge in [0, 0.05) is 0 Å². The lowest BCUT2D eigenvalue weighted by atomic mass is 10.3. The summed E-state index contributed by atoms with van der Waals surface area (Å²) in [5.74, 6) is -0.0775. The number of anilines is 2. The maximum Gasteiger partial charge on any atom is 0.266 e. The van der Waals surface area contributed by atoms with Crippen LogP contribution in [0.2, 0.25) is 0 Å². The maximum absolute atomic E-state index is 12.1. The van der Waals surface area contributed by atoms with E-state index in [2.05, 4.69) is 19.9 Å². The average molecular weight is 279 g/mol. The largest absolute Gasteiger partial charge is 0.398 e. The Kier molecular flexibility index (Phi) is 3.34. The molecule has 3 N–H and O–H groups in total. The van der Waals surface area contributed by atoms with E-state index in [1.807, 2.05) is 0 Å². The fourth-order valence-corrected chi connectivity index (χ4v) is 2.47. The predicted molar refractivity (Wildman–Crippen MR) is 71.0 cm³/mol. The number of aromatic nitrogens is 3. The Morgan fingerprint density at radius 2 is 1.79 bits per heavy atom. The molecule has 2 aromatic rings. The Hall–Kier alpha value is -2.22. The van der Waals surface area contributed by atoms with Crippen molar-refractivity contribution in [1.82, 2.24) is 15.2 Å². The van der Waals surface area contributed by atoms with Gasteiger partial charge in [-0.15, -0.1) is 5.10 Å². The fraction of sp³-hybridized carbons (Fsp3) is 0.182. The highest BCUT2D eigenvalue weighted by atomic mass is 32.2. The number of sulfonamides is 1. The number of benzene rings is 1. The number of rotatable bonds is 3. The molecule has 0 spiro atoms. The molecule has 0 bridgehead atoms. The SMILES string of the molecule is Cc1nnc(NS(=O)(=O)c2ccccc2N)nc1C. The second-order valence-electron chi connectivity index (χ2n) is 3.95. The van der Waals surface area contributed by atoms with E-state index in [1.54, 1.807) is 26.0 Å². The van der Waals surface area contributed by atoms with E-state index < -0.39 is 10.0 Å². The number of nitrogens with zero attached hydrogens (tertiary/aromatic N) is 3. The summed E-state index contributed by atoms with van der Waals surface area (Å²) in [5, 5.41) is 7.50. The van der Waals surface area contributed by atoms with Crippen LogP contribution in [0.4, 0.5) is 11.6 Å². The summed E-state index contributed by atoms with van der Waals surface area (Å²) in [4.78, 5) is 3.99. The summed E-state index contributed by atoms with van der Waals surface area (Å²) in [6, 6.07) is 6.16. The van der Waals surface area contributed by atoms with Crippen molar-refractivity contribution in [3.8, 4) is 0 Å². The van der Waals surface area contributed by atoms with Crippen LogP contribution in [-0.2, 0) is 10.0 Å². The molecule has 1 aromatic heterocycles. The lowest BCUT2D eigenvalue weighted by molar-refractivity contribution is 0.601. The molecule has 0 fully saturated rings. The highest BCUT2D eigenvalue weighted by molar-refractivity contribution is 7.92. The van der Waals surface area contributed by atoms with E-state index in [0.717, 1.165) is 0 Å². The second-order valence-corrected chi connectivity index (χ2v) is 5.60. The third-order valence-corrected chi connectivity index (χ3v) is 3.93. The molecule has 100 valence electrons. The van der Waals surface area contributed by atoms with E-state index in [-0.39, 0.29) is 16.5 Å². The molecule has 0 amide bonds. The van der Waals surface area contributed by atoms with Crippen molar-refractivity contribution in [3.05, 3.63) is 35.7 Å². The Labute approximate surface area is 110 Å². The van der Waals surface area contributed by atoms with E-state index >= 15 is 0 Å². The molecule has 2 rings (SSSR count). The van der Waals surface area contributed by atoms with Crippen molar-refractivity contribution in [3.63, 3.8) is 0 Å². The van der Waals surface area contributed by atoms with Gasteiger partial charge < -0.3 is 5.73 Å². The molecular weight excluding hydrogens is 266 g/mol. The van der Waals surface area contributed by atoms with Crippen molar-refractivity contribution in [2.24, 2.45) is 0 Å². The highest BCUT2D eigenvalue weighted by Gasteiger charge is 2.18. The van der Waals surface area contributed by atoms with E-state index in [4.69, 9.17) is 5.73 Å². The van der Waals surface area contributed by atoms with E-state index in [0.29, 0.717) is 11.4 Å². The first-order chi connectivity index (χ1) is 8.90. The average Bonchev–Trinajstić information content (AvgIpc) is 2.34. The predicted octanol–water partition coefficient (Wildman–Crippen LogP) is 0.871. The Bertz CT molecular complexity index is 715. The number of nitrogens with one attached hydrogen (secondary N) is 1. The van der Waals surface area contributed by atoms with Gasteiger partial charge >= 0.3 is 0 Å². The molecule has 0 saturated carbocycles. The minimum atomic E-state index is -3.81. The normalized spacial score (nSPS) is 11.3. The second kappa shape index (κ2) is 4.81. The summed E-state index contributed by atoms with van der Waals surface area (Å²) < 4.78 is 26.5. The molecule has 0 saturated heterocycles. The summed E-state index contributed by atoms with van der Waals surface area (Å²) >= 11 is 0. The van der Waals surface area contributed by atoms with E-state index in [9.17, 15) is 8.42 Å². The first-order valence-corrected chi connectivity index (χ1v) is 6.94. The first kappa shape index (κ1) is 13.2. The van der Waals surface area contributed by atoms with Crippen LogP contribution >= 0.6 is 0 Å². The quantitative estimate of drug-likeness (QED) is 0.806. The van der Waals surface area contributed by atoms with Crippen molar-refractivity contribution in [2.45, 2.75) is 18.7 Å². The van der Waals surface area contributed by atoms with Gasteiger partial charge in [-0.3, -0.25) is 0 Å². The zero-order valence-electron chi connectivity index (χ0n) is 10.5. The molecule has 1 heterocycles. The van der Waals surface area contributed by atoms with Gasteiger partial charge in [0.1, 0.15) is 4.90 Å². The molecule has 8 heteroatoms. The van der Waals surface area contributed by atoms with Crippen LogP contribution in [0.5, 0.6) is 0 Å². The third-order valence-electron chi connectivity index (χ3n) is 2.53. The number of hydrogen-bond acceptors (Lipinski definition) is 6. The summed E-state index contributed by atoms with van der Waals surface area (Å²) in [6.07, 6.45) is 0. The number of para-hydroxylation sites is 1. The third kappa shape index (κ3) is 2.79. The number of nitrogen functional groups attached to an aromatic ring is 1. The summed E-state index contributed by atoms with van der Waals surface area (Å²) in [5.41, 5.74) is 7.04. The van der Waals surface area contributed by atoms with Gasteiger partial charge in [0.25, 0.3) is 16.0 Å². The number of aryl methyl sites for hydroxylation is 2. The van der Waals surface area contributed by atoms with Gasteiger partial charge in [-0.1, -0.05) is 12.1 Å². The van der Waals surface area contributed by atoms with Crippen molar-refractivity contribution >= 4 is 21.7 Å². The molecule has 7 nitrogen and oxygen atoms in total. The monoisotopic (exact) mass is 279 g/mol. The number of nitrogens with two attached hydrogens (primary N) is 1. The minimum absolute atomic E-state index is 0.0168. The van der Waals surface area contributed by atoms with Gasteiger partial charge in [0.2, 0.25) is 0 Å². The zero-order valence-corrected chi connectivity index (χ0v) is 11.3. The van der Waals surface area contributed by atoms with Gasteiger partial charge in [0.15, 0.2) is 0 Å². The van der Waals surface area contributed by atoms with Gasteiger partial charge in [0.05, 0.1) is 17.1 Å². The Morgan fingerprint density at radius 3 is 2.42 bits per heavy atom. The van der Waals surface area contributed by atoms with Gasteiger partial charge in [-0.2, -0.15) is 5.10 Å². The topological polar surface area (TPSA) is 111 Å². The minimum Gasteiger partial charge on any atom is -0.398 e.